The van der Waals surface area contributed by atoms with Crippen molar-refractivity contribution >= 4 is 21.6 Å². The van der Waals surface area contributed by atoms with E-state index in [-0.39, 0.29) is 0 Å². The number of aromatic nitrogens is 1. The quantitative estimate of drug-likeness (QED) is 0.915. The van der Waals surface area contributed by atoms with Crippen LogP contribution < -0.4 is 10.5 Å². The smallest absolute Gasteiger partial charge is 0.222 e. The first-order valence-electron chi connectivity index (χ1n) is 5.22. The van der Waals surface area contributed by atoms with Gasteiger partial charge >= 0.3 is 0 Å². The van der Waals surface area contributed by atoms with Gasteiger partial charge in [0.05, 0.1) is 16.4 Å². The lowest BCUT2D eigenvalue weighted by atomic mass is 10.2. The van der Waals surface area contributed by atoms with Crippen LogP contribution in [0.25, 0.3) is 0 Å². The number of benzene rings is 1. The highest BCUT2D eigenvalue weighted by molar-refractivity contribution is 9.10. The van der Waals surface area contributed by atoms with Crippen molar-refractivity contribution in [3.8, 4) is 11.6 Å². The second kappa shape index (κ2) is 4.75. The number of rotatable bonds is 2. The maximum atomic E-state index is 5.74. The monoisotopic (exact) mass is 292 g/mol. The first-order valence-corrected chi connectivity index (χ1v) is 6.01. The van der Waals surface area contributed by atoms with Crippen LogP contribution in [0.1, 0.15) is 11.1 Å². The second-order valence-corrected chi connectivity index (χ2v) is 4.78. The summed E-state index contributed by atoms with van der Waals surface area (Å²) in [6, 6.07) is 7.75. The molecule has 0 fully saturated rings. The van der Waals surface area contributed by atoms with Crippen LogP contribution in [0.2, 0.25) is 0 Å². The standard InChI is InChI=1S/C13H13BrN2O/c1-8-3-4-12(11(14)5-8)17-13-9(2)6-10(15)7-16-13/h3-7H,15H2,1-2H3. The molecule has 0 spiro atoms. The normalized spacial score (nSPS) is 10.3. The zero-order chi connectivity index (χ0) is 12.4. The lowest BCUT2D eigenvalue weighted by Crippen LogP contribution is -1.94. The Morgan fingerprint density at radius 2 is 2.00 bits per heavy atom. The third-order valence-corrected chi connectivity index (χ3v) is 2.97. The summed E-state index contributed by atoms with van der Waals surface area (Å²) >= 11 is 3.47. The minimum absolute atomic E-state index is 0.573. The molecule has 1 aromatic heterocycles. The molecule has 17 heavy (non-hydrogen) atoms. The van der Waals surface area contributed by atoms with Gasteiger partial charge in [-0.2, -0.15) is 0 Å². The topological polar surface area (TPSA) is 48.1 Å². The van der Waals surface area contributed by atoms with Gasteiger partial charge in [-0.3, -0.25) is 0 Å². The molecule has 2 aromatic rings. The SMILES string of the molecule is Cc1ccc(Oc2ncc(N)cc2C)c(Br)c1. The summed E-state index contributed by atoms with van der Waals surface area (Å²) in [5.74, 6) is 1.32. The number of nitrogens with two attached hydrogens (primary N) is 1. The summed E-state index contributed by atoms with van der Waals surface area (Å²) in [7, 11) is 0. The van der Waals surface area contributed by atoms with Crippen molar-refractivity contribution < 1.29 is 4.74 Å². The Balaban J connectivity index is 2.31. The molecule has 1 aromatic carbocycles. The highest BCUT2D eigenvalue weighted by atomic mass is 79.9. The summed E-state index contributed by atoms with van der Waals surface area (Å²) < 4.78 is 6.65. The van der Waals surface area contributed by atoms with Crippen LogP contribution in [-0.2, 0) is 0 Å². The Hall–Kier alpha value is -1.55. The Labute approximate surface area is 109 Å². The minimum Gasteiger partial charge on any atom is -0.438 e. The van der Waals surface area contributed by atoms with Gasteiger partial charge in [0.15, 0.2) is 0 Å². The molecule has 88 valence electrons. The number of anilines is 1. The van der Waals surface area contributed by atoms with E-state index in [0.717, 1.165) is 15.8 Å². The minimum atomic E-state index is 0.573. The Morgan fingerprint density at radius 1 is 1.24 bits per heavy atom. The number of hydrogen-bond acceptors (Lipinski definition) is 3. The predicted octanol–water partition coefficient (Wildman–Crippen LogP) is 3.84. The molecule has 0 atom stereocenters. The second-order valence-electron chi connectivity index (χ2n) is 3.93. The van der Waals surface area contributed by atoms with E-state index in [4.69, 9.17) is 10.5 Å². The van der Waals surface area contributed by atoms with Gasteiger partial charge in [0.2, 0.25) is 5.88 Å². The van der Waals surface area contributed by atoms with Gasteiger partial charge in [0.1, 0.15) is 5.75 Å². The fourth-order valence-electron chi connectivity index (χ4n) is 1.48. The maximum Gasteiger partial charge on any atom is 0.222 e. The molecule has 0 radical (unpaired) electrons. The van der Waals surface area contributed by atoms with E-state index in [1.54, 1.807) is 6.20 Å². The third kappa shape index (κ3) is 2.77. The number of ether oxygens (including phenoxy) is 1. The van der Waals surface area contributed by atoms with Crippen molar-refractivity contribution in [1.82, 2.24) is 4.98 Å². The summed E-state index contributed by atoms with van der Waals surface area (Å²) in [5.41, 5.74) is 8.37. The van der Waals surface area contributed by atoms with E-state index in [1.807, 2.05) is 38.1 Å². The summed E-state index contributed by atoms with van der Waals surface area (Å²) in [4.78, 5) is 4.17. The van der Waals surface area contributed by atoms with Gasteiger partial charge in [-0.15, -0.1) is 0 Å². The van der Waals surface area contributed by atoms with Gasteiger partial charge in [-0.1, -0.05) is 6.07 Å². The molecular weight excluding hydrogens is 280 g/mol. The van der Waals surface area contributed by atoms with E-state index in [9.17, 15) is 0 Å². The fourth-order valence-corrected chi connectivity index (χ4v) is 2.06. The van der Waals surface area contributed by atoms with Crippen LogP contribution in [0.3, 0.4) is 0 Å². The number of pyridine rings is 1. The average Bonchev–Trinajstić information content (AvgIpc) is 2.25. The maximum absolute atomic E-state index is 5.74. The molecule has 1 heterocycles. The van der Waals surface area contributed by atoms with Crippen LogP contribution in [0.5, 0.6) is 11.6 Å². The van der Waals surface area contributed by atoms with E-state index >= 15 is 0 Å². The molecule has 2 N–H and O–H groups in total. The molecule has 0 saturated carbocycles. The lowest BCUT2D eigenvalue weighted by molar-refractivity contribution is 0.456. The van der Waals surface area contributed by atoms with Crippen molar-refractivity contribution in [2.24, 2.45) is 0 Å². The zero-order valence-electron chi connectivity index (χ0n) is 9.70. The van der Waals surface area contributed by atoms with Crippen molar-refractivity contribution in [2.75, 3.05) is 5.73 Å². The lowest BCUT2D eigenvalue weighted by Gasteiger charge is -2.09. The molecule has 0 aliphatic heterocycles. The van der Waals surface area contributed by atoms with Crippen LogP contribution in [0.4, 0.5) is 5.69 Å². The molecule has 3 nitrogen and oxygen atoms in total. The highest BCUT2D eigenvalue weighted by Gasteiger charge is 2.06. The van der Waals surface area contributed by atoms with Crippen LogP contribution >= 0.6 is 15.9 Å². The molecule has 4 heteroatoms. The van der Waals surface area contributed by atoms with E-state index in [1.165, 1.54) is 5.56 Å². The molecule has 0 aliphatic rings. The van der Waals surface area contributed by atoms with Crippen LogP contribution in [-0.4, -0.2) is 4.98 Å². The largest absolute Gasteiger partial charge is 0.438 e. The van der Waals surface area contributed by atoms with E-state index in [0.29, 0.717) is 11.6 Å². The molecule has 0 aliphatic carbocycles. The Bertz CT molecular complexity index is 506. The molecule has 0 bridgehead atoms. The van der Waals surface area contributed by atoms with Crippen molar-refractivity contribution in [1.29, 1.82) is 0 Å². The van der Waals surface area contributed by atoms with Gasteiger partial charge in [0.25, 0.3) is 0 Å². The number of nitrogen functional groups attached to an aromatic ring is 1. The summed E-state index contributed by atoms with van der Waals surface area (Å²) in [6.45, 7) is 3.95. The number of hydrogen-bond donors (Lipinski definition) is 1. The molecule has 0 saturated heterocycles. The number of halogens is 1. The fraction of sp³-hybridized carbons (Fsp3) is 0.154. The summed E-state index contributed by atoms with van der Waals surface area (Å²) in [5, 5.41) is 0. The number of aryl methyl sites for hydroxylation is 2. The van der Waals surface area contributed by atoms with Gasteiger partial charge < -0.3 is 10.5 Å². The van der Waals surface area contributed by atoms with E-state index in [2.05, 4.69) is 20.9 Å². The number of nitrogens with zero attached hydrogens (tertiary/aromatic N) is 1. The molecule has 0 amide bonds. The van der Waals surface area contributed by atoms with Crippen molar-refractivity contribution in [2.45, 2.75) is 13.8 Å². The van der Waals surface area contributed by atoms with Gasteiger partial charge in [-0.25, -0.2) is 4.98 Å². The summed E-state index contributed by atoms with van der Waals surface area (Å²) in [6.07, 6.45) is 1.59. The Kier molecular flexibility index (Phi) is 3.33. The predicted molar refractivity (Wildman–Crippen MR) is 72.3 cm³/mol. The molecule has 0 unspecified atom stereocenters. The van der Waals surface area contributed by atoms with E-state index < -0.39 is 0 Å². The highest BCUT2D eigenvalue weighted by Crippen LogP contribution is 2.31. The zero-order valence-corrected chi connectivity index (χ0v) is 11.3. The van der Waals surface area contributed by atoms with Crippen molar-refractivity contribution in [3.63, 3.8) is 0 Å². The average molecular weight is 293 g/mol. The first kappa shape index (κ1) is 11.9. The van der Waals surface area contributed by atoms with Gasteiger partial charge in [-0.05, 0) is 53.5 Å². The van der Waals surface area contributed by atoms with Crippen LogP contribution in [0.15, 0.2) is 34.9 Å². The van der Waals surface area contributed by atoms with Crippen LogP contribution in [0, 0.1) is 13.8 Å². The Morgan fingerprint density at radius 3 is 2.65 bits per heavy atom. The van der Waals surface area contributed by atoms with Crippen molar-refractivity contribution in [3.05, 3.63) is 46.1 Å². The first-order chi connectivity index (χ1) is 8.06. The molecule has 2 rings (SSSR count). The third-order valence-electron chi connectivity index (χ3n) is 2.35. The van der Waals surface area contributed by atoms with Gasteiger partial charge in [0, 0.05) is 5.56 Å². The molecular formula is C13H13BrN2O.